The normalized spacial score (nSPS) is 15.5. The number of carbonyl (C=O) groups excluding carboxylic acids is 2. The molecule has 1 unspecified atom stereocenters. The Morgan fingerprint density at radius 2 is 1.71 bits per heavy atom. The van der Waals surface area contributed by atoms with Gasteiger partial charge in [-0.3, -0.25) is 9.59 Å². The van der Waals surface area contributed by atoms with Gasteiger partial charge in [-0.1, -0.05) is 30.3 Å². The van der Waals surface area contributed by atoms with Crippen molar-refractivity contribution in [1.82, 2.24) is 4.31 Å². The Morgan fingerprint density at radius 3 is 2.37 bits per heavy atom. The van der Waals surface area contributed by atoms with E-state index in [1.165, 1.54) is 38.4 Å². The van der Waals surface area contributed by atoms with Crippen molar-refractivity contribution < 1.29 is 22.7 Å². The van der Waals surface area contributed by atoms with Crippen LogP contribution in [0.15, 0.2) is 77.7 Å². The summed E-state index contributed by atoms with van der Waals surface area (Å²) in [6.45, 7) is 2.22. The molecule has 0 aromatic heterocycles. The van der Waals surface area contributed by atoms with E-state index in [9.17, 15) is 18.0 Å². The van der Waals surface area contributed by atoms with Crippen LogP contribution in [-0.4, -0.2) is 51.3 Å². The molecule has 0 aliphatic carbocycles. The fraction of sp³-hybridized carbons (Fsp3) is 0.231. The van der Waals surface area contributed by atoms with Crippen LogP contribution in [0.3, 0.4) is 0 Å². The number of nitrogens with one attached hydrogen (secondary N) is 1. The predicted molar refractivity (Wildman–Crippen MR) is 134 cm³/mol. The van der Waals surface area contributed by atoms with E-state index in [4.69, 9.17) is 4.74 Å². The van der Waals surface area contributed by atoms with Gasteiger partial charge in [-0.15, -0.1) is 0 Å². The van der Waals surface area contributed by atoms with Crippen molar-refractivity contribution in [2.45, 2.75) is 24.3 Å². The third-order valence-electron chi connectivity index (χ3n) is 5.79. The van der Waals surface area contributed by atoms with Crippen LogP contribution in [0.4, 0.5) is 11.4 Å². The van der Waals surface area contributed by atoms with Gasteiger partial charge in [-0.05, 0) is 55.3 Å². The van der Waals surface area contributed by atoms with Gasteiger partial charge in [0, 0.05) is 38.0 Å². The smallest absolute Gasteiger partial charge is 0.267 e. The van der Waals surface area contributed by atoms with E-state index in [1.54, 1.807) is 30.0 Å². The maximum atomic E-state index is 12.8. The Kier molecular flexibility index (Phi) is 6.90. The molecule has 0 fully saturated rings. The number of carbonyl (C=O) groups is 2. The zero-order chi connectivity index (χ0) is 25.2. The molecule has 8 nitrogen and oxygen atoms in total. The summed E-state index contributed by atoms with van der Waals surface area (Å²) in [5.41, 5.74) is 2.60. The third kappa shape index (κ3) is 5.21. The topological polar surface area (TPSA) is 96.0 Å². The van der Waals surface area contributed by atoms with Gasteiger partial charge >= 0.3 is 0 Å². The van der Waals surface area contributed by atoms with Crippen LogP contribution < -0.4 is 15.0 Å². The van der Waals surface area contributed by atoms with Crippen molar-refractivity contribution in [1.29, 1.82) is 0 Å². The van der Waals surface area contributed by atoms with E-state index in [2.05, 4.69) is 5.32 Å². The fourth-order valence-corrected chi connectivity index (χ4v) is 4.70. The molecule has 1 N–H and O–H groups in total. The molecule has 35 heavy (non-hydrogen) atoms. The average molecular weight is 494 g/mol. The van der Waals surface area contributed by atoms with Crippen LogP contribution in [0.2, 0.25) is 0 Å². The minimum Gasteiger partial charge on any atom is -0.479 e. The van der Waals surface area contributed by atoms with Crippen molar-refractivity contribution in [3.8, 4) is 5.75 Å². The highest BCUT2D eigenvalue weighted by molar-refractivity contribution is 7.89. The molecule has 3 aromatic carbocycles. The molecule has 182 valence electrons. The molecule has 2 amide bonds. The first-order valence-corrected chi connectivity index (χ1v) is 12.6. The molecule has 9 heteroatoms. The van der Waals surface area contributed by atoms with Crippen molar-refractivity contribution in [2.24, 2.45) is 0 Å². The van der Waals surface area contributed by atoms with Crippen LogP contribution in [-0.2, 0) is 21.2 Å². The second kappa shape index (κ2) is 9.89. The molecule has 0 saturated heterocycles. The van der Waals surface area contributed by atoms with Gasteiger partial charge in [0.05, 0.1) is 10.6 Å². The lowest BCUT2D eigenvalue weighted by Gasteiger charge is -2.33. The lowest BCUT2D eigenvalue weighted by molar-refractivity contribution is -0.125. The summed E-state index contributed by atoms with van der Waals surface area (Å²) in [6, 6.07) is 20.8. The van der Waals surface area contributed by atoms with Crippen LogP contribution in [0, 0.1) is 0 Å². The van der Waals surface area contributed by atoms with Gasteiger partial charge in [0.25, 0.3) is 11.8 Å². The van der Waals surface area contributed by atoms with Gasteiger partial charge < -0.3 is 15.0 Å². The zero-order valence-electron chi connectivity index (χ0n) is 19.8. The van der Waals surface area contributed by atoms with Crippen LogP contribution in [0.5, 0.6) is 5.75 Å². The lowest BCUT2D eigenvalue weighted by Crippen LogP contribution is -2.45. The maximum Gasteiger partial charge on any atom is 0.267 e. The van der Waals surface area contributed by atoms with Gasteiger partial charge in [0.2, 0.25) is 10.0 Å². The molecule has 0 saturated carbocycles. The van der Waals surface area contributed by atoms with Crippen molar-refractivity contribution in [2.75, 3.05) is 30.9 Å². The number of rotatable bonds is 7. The molecule has 0 bridgehead atoms. The maximum absolute atomic E-state index is 12.8. The number of sulfonamides is 1. The van der Waals surface area contributed by atoms with E-state index in [0.717, 1.165) is 9.87 Å². The molecular weight excluding hydrogens is 466 g/mol. The standard InChI is InChI=1S/C26H27N3O5S/c1-18-26(31)29(16-15-19-7-5-4-6-8-19)23-14-11-21(17-24(23)34-18)27-25(30)20-9-12-22(13-10-20)35(32,33)28(2)3/h4-14,17-18H,15-16H2,1-3H3,(H,27,30). The molecular formula is C26H27N3O5S. The number of fused-ring (bicyclic) bond motifs is 1. The summed E-state index contributed by atoms with van der Waals surface area (Å²) in [7, 11) is -0.674. The predicted octanol–water partition coefficient (Wildman–Crippen LogP) is 3.55. The molecule has 0 spiro atoms. The first-order valence-electron chi connectivity index (χ1n) is 11.2. The second-order valence-corrected chi connectivity index (χ2v) is 10.6. The van der Waals surface area contributed by atoms with Gasteiger partial charge in [0.15, 0.2) is 6.10 Å². The number of hydrogen-bond acceptors (Lipinski definition) is 5. The number of amides is 2. The fourth-order valence-electron chi connectivity index (χ4n) is 3.80. The Hall–Kier alpha value is -3.69. The molecule has 1 aliphatic heterocycles. The van der Waals surface area contributed by atoms with E-state index in [1.807, 2.05) is 30.3 Å². The number of benzene rings is 3. The average Bonchev–Trinajstić information content (AvgIpc) is 2.85. The van der Waals surface area contributed by atoms with Crippen molar-refractivity contribution in [3.63, 3.8) is 0 Å². The zero-order valence-corrected chi connectivity index (χ0v) is 20.6. The quantitative estimate of drug-likeness (QED) is 0.543. The highest BCUT2D eigenvalue weighted by atomic mass is 32.2. The SMILES string of the molecule is CC1Oc2cc(NC(=O)c3ccc(S(=O)(=O)N(C)C)cc3)ccc2N(CCc2ccccc2)C1=O. The summed E-state index contributed by atoms with van der Waals surface area (Å²) in [6.07, 6.45) is 0.0620. The molecule has 1 heterocycles. The highest BCUT2D eigenvalue weighted by Crippen LogP contribution is 2.36. The van der Waals surface area contributed by atoms with E-state index < -0.39 is 16.1 Å². The van der Waals surface area contributed by atoms with Crippen LogP contribution >= 0.6 is 0 Å². The third-order valence-corrected chi connectivity index (χ3v) is 7.62. The second-order valence-electron chi connectivity index (χ2n) is 8.43. The van der Waals surface area contributed by atoms with E-state index in [0.29, 0.717) is 35.7 Å². The van der Waals surface area contributed by atoms with Gasteiger partial charge in [0.1, 0.15) is 5.75 Å². The summed E-state index contributed by atoms with van der Waals surface area (Å²) in [5, 5.41) is 2.81. The molecule has 4 rings (SSSR count). The molecule has 1 atom stereocenters. The minimum atomic E-state index is -3.57. The van der Waals surface area contributed by atoms with Gasteiger partial charge in [-0.2, -0.15) is 0 Å². The van der Waals surface area contributed by atoms with Crippen molar-refractivity contribution >= 4 is 33.2 Å². The van der Waals surface area contributed by atoms with Crippen LogP contribution in [0.1, 0.15) is 22.8 Å². The number of ether oxygens (including phenoxy) is 1. The lowest BCUT2D eigenvalue weighted by atomic mass is 10.1. The molecule has 1 aliphatic rings. The summed E-state index contributed by atoms with van der Waals surface area (Å²) < 4.78 is 31.4. The van der Waals surface area contributed by atoms with E-state index >= 15 is 0 Å². The number of hydrogen-bond donors (Lipinski definition) is 1. The monoisotopic (exact) mass is 493 g/mol. The Morgan fingerprint density at radius 1 is 1.03 bits per heavy atom. The minimum absolute atomic E-state index is 0.107. The largest absolute Gasteiger partial charge is 0.479 e. The number of nitrogens with zero attached hydrogens (tertiary/aromatic N) is 2. The van der Waals surface area contributed by atoms with Crippen LogP contribution in [0.25, 0.3) is 0 Å². The molecule has 0 radical (unpaired) electrons. The highest BCUT2D eigenvalue weighted by Gasteiger charge is 2.31. The summed E-state index contributed by atoms with van der Waals surface area (Å²) in [5.74, 6) is 0.00740. The Labute approximate surface area is 205 Å². The Bertz CT molecular complexity index is 1340. The first kappa shape index (κ1) is 24.4. The summed E-state index contributed by atoms with van der Waals surface area (Å²) in [4.78, 5) is 27.3. The van der Waals surface area contributed by atoms with E-state index in [-0.39, 0.29) is 16.7 Å². The van der Waals surface area contributed by atoms with Gasteiger partial charge in [-0.25, -0.2) is 12.7 Å². The first-order chi connectivity index (χ1) is 16.7. The van der Waals surface area contributed by atoms with Crippen molar-refractivity contribution in [3.05, 3.63) is 83.9 Å². The summed E-state index contributed by atoms with van der Waals surface area (Å²) >= 11 is 0. The molecule has 3 aromatic rings. The Balaban J connectivity index is 1.50. The number of anilines is 2.